The molecule has 0 heterocycles. The first kappa shape index (κ1) is 27.0. The second kappa shape index (κ2) is 12.0. The average molecular weight is 527 g/mol. The Morgan fingerprint density at radius 2 is 0.975 bits per heavy atom. The van der Waals surface area contributed by atoms with E-state index in [4.69, 9.17) is 9.47 Å². The number of hydrogen-bond acceptors (Lipinski definition) is 3. The predicted molar refractivity (Wildman–Crippen MR) is 165 cm³/mol. The monoisotopic (exact) mass is 526 g/mol. The third-order valence-corrected chi connectivity index (χ3v) is 7.34. The van der Waals surface area contributed by atoms with Crippen LogP contribution in [0.15, 0.2) is 109 Å². The fourth-order valence-electron chi connectivity index (χ4n) is 4.99. The Balaban J connectivity index is 1.47. The van der Waals surface area contributed by atoms with E-state index in [0.717, 1.165) is 56.9 Å². The minimum absolute atomic E-state index is 0.219. The van der Waals surface area contributed by atoms with Crippen LogP contribution >= 0.6 is 0 Å². The third kappa shape index (κ3) is 6.00. The van der Waals surface area contributed by atoms with Crippen LogP contribution in [0.3, 0.4) is 0 Å². The maximum Gasteiger partial charge on any atom is 0.130 e. The average Bonchev–Trinajstić information content (AvgIpc) is 3.00. The summed E-state index contributed by atoms with van der Waals surface area (Å²) in [7, 11) is 3.42. The van der Waals surface area contributed by atoms with Crippen LogP contribution in [0.4, 0.5) is 0 Å². The van der Waals surface area contributed by atoms with Gasteiger partial charge < -0.3 is 14.3 Å². The molecular weight excluding hydrogens is 492 g/mol. The van der Waals surface area contributed by atoms with Crippen LogP contribution < -0.4 is 9.47 Å². The Labute approximate surface area is 237 Å². The second-order valence-electron chi connectivity index (χ2n) is 10.2. The summed E-state index contributed by atoms with van der Waals surface area (Å²) < 4.78 is 11.5. The van der Waals surface area contributed by atoms with Crippen molar-refractivity contribution in [2.24, 2.45) is 0 Å². The fraction of sp³-hybridized carbons (Fsp3) is 0.162. The molecule has 40 heavy (non-hydrogen) atoms. The molecule has 5 aromatic rings. The summed E-state index contributed by atoms with van der Waals surface area (Å²) >= 11 is 0. The van der Waals surface area contributed by atoms with Crippen molar-refractivity contribution < 1.29 is 14.3 Å². The number of hydrogen-bond donors (Lipinski definition) is 0. The van der Waals surface area contributed by atoms with E-state index in [2.05, 4.69) is 104 Å². The SMILES string of the molecule is COc1ccc(-c2ccc(C)cc2)cc1-c1ccc(OC)c(-c2ccc(-c3ccc(CCC(C)=O)cc3)cc2)c1. The van der Waals surface area contributed by atoms with Crippen LogP contribution in [-0.4, -0.2) is 20.0 Å². The van der Waals surface area contributed by atoms with Gasteiger partial charge >= 0.3 is 0 Å². The standard InChI is InChI=1S/C37H34O3/c1-25-5-11-30(12-6-25)32-19-21-37(40-4)35(23-32)33-20-22-36(39-3)34(24-33)31-17-15-29(16-18-31)28-13-9-27(10-14-28)8-7-26(2)38/h5-6,9-24H,7-8H2,1-4H3. The van der Waals surface area contributed by atoms with Gasteiger partial charge in [0.2, 0.25) is 0 Å². The van der Waals surface area contributed by atoms with Crippen molar-refractivity contribution in [1.29, 1.82) is 0 Å². The van der Waals surface area contributed by atoms with Gasteiger partial charge in [0, 0.05) is 17.5 Å². The molecule has 0 aromatic heterocycles. The van der Waals surface area contributed by atoms with Crippen molar-refractivity contribution in [2.75, 3.05) is 14.2 Å². The molecule has 0 amide bonds. The molecule has 5 aromatic carbocycles. The van der Waals surface area contributed by atoms with Crippen molar-refractivity contribution >= 4 is 5.78 Å². The van der Waals surface area contributed by atoms with E-state index >= 15 is 0 Å². The van der Waals surface area contributed by atoms with Crippen LogP contribution in [0.5, 0.6) is 11.5 Å². The zero-order valence-electron chi connectivity index (χ0n) is 23.5. The summed E-state index contributed by atoms with van der Waals surface area (Å²) in [4.78, 5) is 11.3. The molecule has 0 radical (unpaired) electrons. The quantitative estimate of drug-likeness (QED) is 0.192. The lowest BCUT2D eigenvalue weighted by Gasteiger charge is -2.15. The van der Waals surface area contributed by atoms with Gasteiger partial charge in [0.25, 0.3) is 0 Å². The number of ether oxygens (including phenoxy) is 2. The minimum Gasteiger partial charge on any atom is -0.496 e. The maximum absolute atomic E-state index is 11.3. The van der Waals surface area contributed by atoms with Crippen molar-refractivity contribution in [3.8, 4) is 56.0 Å². The molecule has 0 aliphatic carbocycles. The Hall–Kier alpha value is -4.63. The van der Waals surface area contributed by atoms with Crippen molar-refractivity contribution in [3.63, 3.8) is 0 Å². The van der Waals surface area contributed by atoms with Gasteiger partial charge in [-0.25, -0.2) is 0 Å². The molecule has 0 bridgehead atoms. The van der Waals surface area contributed by atoms with Gasteiger partial charge in [-0.2, -0.15) is 0 Å². The molecule has 0 aliphatic heterocycles. The molecule has 0 unspecified atom stereocenters. The highest BCUT2D eigenvalue weighted by atomic mass is 16.5. The summed E-state index contributed by atoms with van der Waals surface area (Å²) in [5.41, 5.74) is 11.2. The van der Waals surface area contributed by atoms with Gasteiger partial charge in [-0.1, -0.05) is 90.5 Å². The Morgan fingerprint density at radius 3 is 1.55 bits per heavy atom. The van der Waals surface area contributed by atoms with E-state index in [0.29, 0.717) is 6.42 Å². The Bertz CT molecular complexity index is 1610. The lowest BCUT2D eigenvalue weighted by Crippen LogP contribution is -1.93. The molecule has 0 fully saturated rings. The van der Waals surface area contributed by atoms with Crippen molar-refractivity contribution in [1.82, 2.24) is 0 Å². The first-order valence-electron chi connectivity index (χ1n) is 13.6. The molecular formula is C37H34O3. The predicted octanol–water partition coefficient (Wildman–Crippen LogP) is 9.20. The summed E-state index contributed by atoms with van der Waals surface area (Å²) in [6.45, 7) is 3.74. The zero-order valence-corrected chi connectivity index (χ0v) is 23.5. The lowest BCUT2D eigenvalue weighted by atomic mass is 9.94. The van der Waals surface area contributed by atoms with Crippen LogP contribution in [0.25, 0.3) is 44.5 Å². The van der Waals surface area contributed by atoms with Gasteiger partial charge in [0.05, 0.1) is 14.2 Å². The summed E-state index contributed by atoms with van der Waals surface area (Å²) in [6, 6.07) is 38.2. The molecule has 3 heteroatoms. The number of rotatable bonds is 9. The van der Waals surface area contributed by atoms with E-state index in [1.165, 1.54) is 16.7 Å². The number of ketones is 1. The first-order valence-corrected chi connectivity index (χ1v) is 13.6. The summed E-state index contributed by atoms with van der Waals surface area (Å²) in [5, 5.41) is 0. The normalized spacial score (nSPS) is 10.8. The molecule has 0 N–H and O–H groups in total. The molecule has 0 aliphatic rings. The smallest absolute Gasteiger partial charge is 0.130 e. The molecule has 0 spiro atoms. The third-order valence-electron chi connectivity index (χ3n) is 7.34. The largest absolute Gasteiger partial charge is 0.496 e. The molecule has 0 saturated carbocycles. The molecule has 0 saturated heterocycles. The van der Waals surface area contributed by atoms with Gasteiger partial charge in [0.1, 0.15) is 17.3 Å². The number of Topliss-reactive ketones (excluding diaryl/α,β-unsaturated/α-hetero) is 1. The Morgan fingerprint density at radius 1 is 0.550 bits per heavy atom. The van der Waals surface area contributed by atoms with E-state index in [1.54, 1.807) is 21.1 Å². The van der Waals surface area contributed by atoms with Gasteiger partial charge in [0.15, 0.2) is 0 Å². The second-order valence-corrected chi connectivity index (χ2v) is 10.2. The topological polar surface area (TPSA) is 35.5 Å². The summed E-state index contributed by atoms with van der Waals surface area (Å²) in [5.74, 6) is 1.87. The van der Waals surface area contributed by atoms with Crippen molar-refractivity contribution in [3.05, 3.63) is 120 Å². The van der Waals surface area contributed by atoms with Gasteiger partial charge in [-0.15, -0.1) is 0 Å². The van der Waals surface area contributed by atoms with E-state index < -0.39 is 0 Å². The molecule has 3 nitrogen and oxygen atoms in total. The van der Waals surface area contributed by atoms with E-state index in [9.17, 15) is 4.79 Å². The highest BCUT2D eigenvalue weighted by Gasteiger charge is 2.13. The van der Waals surface area contributed by atoms with Gasteiger partial charge in [-0.05, 0) is 83.5 Å². The van der Waals surface area contributed by atoms with Crippen LogP contribution in [0.2, 0.25) is 0 Å². The number of aryl methyl sites for hydroxylation is 2. The molecule has 200 valence electrons. The number of methoxy groups -OCH3 is 2. The van der Waals surface area contributed by atoms with Crippen LogP contribution in [0.1, 0.15) is 24.5 Å². The highest BCUT2D eigenvalue weighted by molar-refractivity contribution is 5.83. The minimum atomic E-state index is 0.219. The lowest BCUT2D eigenvalue weighted by molar-refractivity contribution is -0.116. The molecule has 0 atom stereocenters. The summed E-state index contributed by atoms with van der Waals surface area (Å²) in [6.07, 6.45) is 1.36. The maximum atomic E-state index is 11.3. The Kier molecular flexibility index (Phi) is 8.12. The van der Waals surface area contributed by atoms with Crippen LogP contribution in [0, 0.1) is 6.92 Å². The highest BCUT2D eigenvalue weighted by Crippen LogP contribution is 2.39. The van der Waals surface area contributed by atoms with Crippen molar-refractivity contribution in [2.45, 2.75) is 26.7 Å². The van der Waals surface area contributed by atoms with E-state index in [1.807, 2.05) is 12.1 Å². The number of benzene rings is 5. The number of carbonyl (C=O) groups is 1. The number of carbonyl (C=O) groups excluding carboxylic acids is 1. The fourth-order valence-corrected chi connectivity index (χ4v) is 4.99. The van der Waals surface area contributed by atoms with Crippen LogP contribution in [-0.2, 0) is 11.2 Å². The first-order chi connectivity index (χ1) is 19.4. The zero-order chi connectivity index (χ0) is 28.1. The molecule has 5 rings (SSSR count). The van der Waals surface area contributed by atoms with Gasteiger partial charge in [-0.3, -0.25) is 0 Å². The van der Waals surface area contributed by atoms with E-state index in [-0.39, 0.29) is 5.78 Å².